The minimum absolute atomic E-state index is 0. The van der Waals surface area contributed by atoms with E-state index in [0.29, 0.717) is 6.61 Å². The molecular weight excluding hydrogens is 385 g/mol. The summed E-state index contributed by atoms with van der Waals surface area (Å²) in [7, 11) is -1.65. The average Bonchev–Trinajstić information content (AvgIpc) is 2.57. The van der Waals surface area contributed by atoms with Gasteiger partial charge in [-0.05, 0) is 60.0 Å². The molecule has 7 heteroatoms. The summed E-state index contributed by atoms with van der Waals surface area (Å²) in [5.74, 6) is 1.77. The Bertz CT molecular complexity index is 430. The maximum absolute atomic E-state index is 6.16. The van der Waals surface area contributed by atoms with Crippen molar-refractivity contribution in [2.75, 3.05) is 6.61 Å². The predicted octanol–water partition coefficient (Wildman–Crippen LogP) is -1.87. The smallest absolute Gasteiger partial charge is 1.00 e. The topological polar surface area (TPSA) is 30.5 Å². The van der Waals surface area contributed by atoms with Gasteiger partial charge in [-0.1, -0.05) is 0 Å². The van der Waals surface area contributed by atoms with E-state index in [-0.39, 0.29) is 52.1 Å². The van der Waals surface area contributed by atoms with Crippen LogP contribution in [0, 0.1) is 6.08 Å². The first-order valence-corrected chi connectivity index (χ1v) is 10.6. The molecule has 1 aliphatic carbocycles. The van der Waals surface area contributed by atoms with Gasteiger partial charge in [-0.3, -0.25) is 0 Å². The predicted molar refractivity (Wildman–Crippen MR) is 86.5 cm³/mol. The molecule has 131 valence electrons. The number of rotatable bonds is 5. The van der Waals surface area contributed by atoms with Crippen LogP contribution in [0.2, 0.25) is 19.6 Å². The number of ether oxygens (including phenoxy) is 1. The molecule has 0 bridgehead atoms. The van der Waals surface area contributed by atoms with Gasteiger partial charge in [0.15, 0.2) is 0 Å². The van der Waals surface area contributed by atoms with Gasteiger partial charge in [0.1, 0.15) is 0 Å². The average molecular weight is 413 g/mol. The molecule has 0 aromatic rings. The van der Waals surface area contributed by atoms with Crippen LogP contribution < -0.4 is 30.1 Å². The van der Waals surface area contributed by atoms with E-state index < -0.39 is 8.32 Å². The Labute approximate surface area is 170 Å². The third-order valence-electron chi connectivity index (χ3n) is 2.44. The molecule has 0 fully saturated rings. The molecule has 0 amide bonds. The number of hydrogen-bond donors (Lipinski definition) is 1. The van der Waals surface area contributed by atoms with Gasteiger partial charge in [-0.15, -0.1) is 17.7 Å². The Morgan fingerprint density at radius 1 is 1.22 bits per heavy atom. The summed E-state index contributed by atoms with van der Waals surface area (Å²) in [5.41, 5.74) is 1.86. The normalized spacial score (nSPS) is 16.0. The molecule has 1 N–H and O–H groups in total. The summed E-state index contributed by atoms with van der Waals surface area (Å²) in [6.07, 6.45) is 5.39. The van der Waals surface area contributed by atoms with Crippen LogP contribution in [0.5, 0.6) is 0 Å². The van der Waals surface area contributed by atoms with Crippen molar-refractivity contribution in [1.29, 1.82) is 0 Å². The first-order chi connectivity index (χ1) is 9.02. The number of nitrogens with one attached hydrogen (secondary N) is 1. The van der Waals surface area contributed by atoms with Gasteiger partial charge in [0, 0.05) is 17.1 Å². The zero-order valence-corrected chi connectivity index (χ0v) is 19.4. The molecule has 0 unspecified atom stereocenters. The molecule has 0 saturated heterocycles. The van der Waals surface area contributed by atoms with Gasteiger partial charge in [-0.25, -0.2) is 0 Å². The maximum Gasteiger partial charge on any atom is 3.00 e. The third kappa shape index (κ3) is 10.6. The molecule has 0 aromatic heterocycles. The quantitative estimate of drug-likeness (QED) is 0.326. The third-order valence-corrected chi connectivity index (χ3v) is 3.27. The standard InChI is InChI=1S/C16H28NO2Si.2ClH.Ti/c1-9-18-12(2)13-10-14(17-16(3,4)5)15(11-13)19-20(6,7)8;;;/h11,17H,9H2,1-8H3;2*1H;/q-1;;;+3/p-2. The second kappa shape index (κ2) is 10.9. The molecule has 0 aromatic carbocycles. The first-order valence-electron chi connectivity index (χ1n) is 7.19. The monoisotopic (exact) mass is 412 g/mol. The van der Waals surface area contributed by atoms with Crippen molar-refractivity contribution in [2.24, 2.45) is 0 Å². The summed E-state index contributed by atoms with van der Waals surface area (Å²) < 4.78 is 11.7. The molecule has 1 aliphatic rings. The molecule has 0 aliphatic heterocycles. The second-order valence-electron chi connectivity index (χ2n) is 7.00. The van der Waals surface area contributed by atoms with Gasteiger partial charge in [0.05, 0.1) is 6.61 Å². The van der Waals surface area contributed by atoms with Crippen LogP contribution in [-0.4, -0.2) is 20.5 Å². The van der Waals surface area contributed by atoms with Crippen molar-refractivity contribution in [3.8, 4) is 0 Å². The van der Waals surface area contributed by atoms with E-state index in [2.05, 4.69) is 51.8 Å². The first kappa shape index (κ1) is 28.0. The Hall–Kier alpha value is 0.131. The van der Waals surface area contributed by atoms with Crippen molar-refractivity contribution in [1.82, 2.24) is 5.32 Å². The fraction of sp³-hybridized carbons (Fsp3) is 0.625. The van der Waals surface area contributed by atoms with E-state index in [1.54, 1.807) is 0 Å². The second-order valence-corrected chi connectivity index (χ2v) is 11.4. The summed E-state index contributed by atoms with van der Waals surface area (Å²) in [5, 5.41) is 3.46. The van der Waals surface area contributed by atoms with E-state index in [1.165, 1.54) is 0 Å². The van der Waals surface area contributed by atoms with Gasteiger partial charge < -0.3 is 39.3 Å². The Kier molecular flexibility index (Phi) is 13.2. The van der Waals surface area contributed by atoms with Crippen LogP contribution in [0.25, 0.3) is 0 Å². The van der Waals surface area contributed by atoms with Crippen LogP contribution in [-0.2, 0) is 30.9 Å². The van der Waals surface area contributed by atoms with Crippen LogP contribution in [0.1, 0.15) is 34.6 Å². The van der Waals surface area contributed by atoms with Crippen LogP contribution >= 0.6 is 0 Å². The molecule has 0 spiro atoms. The van der Waals surface area contributed by atoms with Crippen LogP contribution in [0.3, 0.4) is 0 Å². The summed E-state index contributed by atoms with van der Waals surface area (Å²) >= 11 is 0. The Morgan fingerprint density at radius 2 is 1.74 bits per heavy atom. The van der Waals surface area contributed by atoms with Gasteiger partial charge in [0.2, 0.25) is 8.32 Å². The number of halogens is 2. The van der Waals surface area contributed by atoms with E-state index in [4.69, 9.17) is 9.16 Å². The van der Waals surface area contributed by atoms with E-state index in [0.717, 1.165) is 22.8 Å². The van der Waals surface area contributed by atoms with Gasteiger partial charge in [-0.2, -0.15) is 0 Å². The van der Waals surface area contributed by atoms with Crippen molar-refractivity contribution in [3.05, 3.63) is 34.9 Å². The fourth-order valence-corrected chi connectivity index (χ4v) is 2.62. The van der Waals surface area contributed by atoms with E-state index in [1.807, 2.05) is 19.9 Å². The zero-order valence-electron chi connectivity index (χ0n) is 15.4. The van der Waals surface area contributed by atoms with Crippen molar-refractivity contribution in [3.63, 3.8) is 0 Å². The Morgan fingerprint density at radius 3 is 2.13 bits per heavy atom. The molecule has 23 heavy (non-hydrogen) atoms. The van der Waals surface area contributed by atoms with E-state index >= 15 is 0 Å². The van der Waals surface area contributed by atoms with Crippen molar-refractivity contribution >= 4 is 8.32 Å². The number of allylic oxidation sites excluding steroid dienone is 4. The summed E-state index contributed by atoms with van der Waals surface area (Å²) in [6, 6.07) is 0. The molecular formula is C16H28Cl2NO2SiTi. The van der Waals surface area contributed by atoms with Crippen molar-refractivity contribution in [2.45, 2.75) is 59.8 Å². The van der Waals surface area contributed by atoms with Gasteiger partial charge in [0.25, 0.3) is 0 Å². The SMILES string of the molecule is CCOC(C)=C1[C-]=C(NC(C)(C)C)C(O[Si](C)(C)C)=C1.[Cl-].[Cl-].[Ti+3]. The molecule has 1 rings (SSSR count). The fourth-order valence-electron chi connectivity index (χ4n) is 1.80. The molecule has 1 radical (unpaired) electrons. The van der Waals surface area contributed by atoms with E-state index in [9.17, 15) is 0 Å². The maximum atomic E-state index is 6.16. The minimum Gasteiger partial charge on any atom is -1.00 e. The largest absolute Gasteiger partial charge is 3.00 e. The minimum atomic E-state index is -1.65. The molecule has 0 atom stereocenters. The molecule has 0 heterocycles. The number of hydrogen-bond acceptors (Lipinski definition) is 3. The molecule has 0 saturated carbocycles. The van der Waals surface area contributed by atoms with Crippen LogP contribution in [0.15, 0.2) is 28.9 Å². The molecule has 3 nitrogen and oxygen atoms in total. The van der Waals surface area contributed by atoms with Gasteiger partial charge >= 0.3 is 21.7 Å². The van der Waals surface area contributed by atoms with Crippen molar-refractivity contribution < 1.29 is 55.7 Å². The summed E-state index contributed by atoms with van der Waals surface area (Å²) in [4.78, 5) is 0. The summed E-state index contributed by atoms with van der Waals surface area (Å²) in [6.45, 7) is 17.5. The zero-order chi connectivity index (χ0) is 15.6. The van der Waals surface area contributed by atoms with Crippen LogP contribution in [0.4, 0.5) is 0 Å². The Balaban J connectivity index is -0.00000133.